The fraction of sp³-hybridized carbons (Fsp3) is 0.190. The number of hydrogen-bond donors (Lipinski definition) is 1. The number of aromatic nitrogens is 2. The summed E-state index contributed by atoms with van der Waals surface area (Å²) in [5.74, 6) is 1.05. The quantitative estimate of drug-likeness (QED) is 0.527. The Kier molecular flexibility index (Phi) is 7.37. The van der Waals surface area contributed by atoms with Crippen molar-refractivity contribution < 1.29 is 14.3 Å². The summed E-state index contributed by atoms with van der Waals surface area (Å²) >= 11 is 7.22. The van der Waals surface area contributed by atoms with E-state index in [0.717, 1.165) is 17.5 Å². The molecule has 3 rings (SSSR count). The number of rotatable bonds is 8. The van der Waals surface area contributed by atoms with Crippen molar-refractivity contribution in [3.05, 3.63) is 70.2 Å². The average Bonchev–Trinajstić information content (AvgIpc) is 2.74. The summed E-state index contributed by atoms with van der Waals surface area (Å²) in [4.78, 5) is 29.1. The van der Waals surface area contributed by atoms with Crippen LogP contribution in [0.1, 0.15) is 6.92 Å². The van der Waals surface area contributed by atoms with Crippen LogP contribution in [-0.2, 0) is 4.79 Å². The first kappa shape index (κ1) is 21.7. The first-order valence-corrected chi connectivity index (χ1v) is 10.4. The minimum atomic E-state index is -0.336. The summed E-state index contributed by atoms with van der Waals surface area (Å²) in [6.45, 7) is 2.48. The lowest BCUT2D eigenvalue weighted by atomic mass is 10.3. The Morgan fingerprint density at radius 3 is 2.67 bits per heavy atom. The predicted octanol–water partition coefficient (Wildman–Crippen LogP) is 4.02. The van der Waals surface area contributed by atoms with E-state index in [9.17, 15) is 9.59 Å². The molecule has 0 aliphatic rings. The second-order valence-corrected chi connectivity index (χ2v) is 7.39. The normalized spacial score (nSPS) is 10.5. The maximum Gasteiger partial charge on any atom is 0.287 e. The molecule has 0 bridgehead atoms. The third-order valence-electron chi connectivity index (χ3n) is 4.01. The molecule has 0 saturated heterocycles. The Bertz CT molecular complexity index is 1090. The van der Waals surface area contributed by atoms with Crippen LogP contribution in [-0.4, -0.2) is 34.9 Å². The number of benzene rings is 2. The van der Waals surface area contributed by atoms with Gasteiger partial charge in [-0.25, -0.2) is 4.98 Å². The fourth-order valence-corrected chi connectivity index (χ4v) is 3.58. The molecule has 0 unspecified atom stereocenters. The van der Waals surface area contributed by atoms with Crippen LogP contribution in [0.2, 0.25) is 5.02 Å². The molecule has 1 N–H and O–H groups in total. The van der Waals surface area contributed by atoms with Crippen LogP contribution in [0, 0.1) is 0 Å². The molecular formula is C21H20ClN3O4S. The fourth-order valence-electron chi connectivity index (χ4n) is 2.63. The van der Waals surface area contributed by atoms with E-state index in [1.54, 1.807) is 48.7 Å². The van der Waals surface area contributed by atoms with Gasteiger partial charge in [-0.3, -0.25) is 14.2 Å². The lowest BCUT2D eigenvalue weighted by Gasteiger charge is -2.10. The van der Waals surface area contributed by atoms with Crippen LogP contribution in [0.5, 0.6) is 11.5 Å². The second-order valence-electron chi connectivity index (χ2n) is 6.02. The zero-order chi connectivity index (χ0) is 21.5. The summed E-state index contributed by atoms with van der Waals surface area (Å²) in [7, 11) is 1.52. The van der Waals surface area contributed by atoms with Crippen LogP contribution in [0.25, 0.3) is 5.69 Å². The molecule has 9 heteroatoms. The summed E-state index contributed by atoms with van der Waals surface area (Å²) < 4.78 is 11.9. The number of nitrogens with one attached hydrogen (secondary N) is 1. The van der Waals surface area contributed by atoms with Gasteiger partial charge in [0.1, 0.15) is 11.5 Å². The molecular weight excluding hydrogens is 426 g/mol. The van der Waals surface area contributed by atoms with Crippen molar-refractivity contribution in [2.24, 2.45) is 0 Å². The number of ether oxygens (including phenoxy) is 2. The summed E-state index contributed by atoms with van der Waals surface area (Å²) in [6, 6.07) is 12.1. The molecule has 0 radical (unpaired) electrons. The van der Waals surface area contributed by atoms with Crippen LogP contribution >= 0.6 is 23.4 Å². The van der Waals surface area contributed by atoms with Gasteiger partial charge in [0, 0.05) is 18.1 Å². The van der Waals surface area contributed by atoms with Crippen molar-refractivity contribution in [3.8, 4) is 17.2 Å². The second kappa shape index (κ2) is 10.2. The Morgan fingerprint density at radius 1 is 1.23 bits per heavy atom. The number of carbonyl (C=O) groups excluding carboxylic acids is 1. The Labute approximate surface area is 183 Å². The van der Waals surface area contributed by atoms with E-state index >= 15 is 0 Å². The highest BCUT2D eigenvalue weighted by Crippen LogP contribution is 2.26. The number of anilines is 1. The molecule has 0 saturated carbocycles. The molecule has 1 heterocycles. The van der Waals surface area contributed by atoms with Gasteiger partial charge in [0.2, 0.25) is 5.91 Å². The number of nitrogens with zero attached hydrogens (tertiary/aromatic N) is 2. The zero-order valence-electron chi connectivity index (χ0n) is 16.4. The lowest BCUT2D eigenvalue weighted by Crippen LogP contribution is -2.22. The van der Waals surface area contributed by atoms with E-state index in [1.165, 1.54) is 17.9 Å². The summed E-state index contributed by atoms with van der Waals surface area (Å²) in [6.07, 6.45) is 3.05. The first-order valence-electron chi connectivity index (χ1n) is 9.09. The molecule has 0 atom stereocenters. The van der Waals surface area contributed by atoms with Crippen molar-refractivity contribution in [2.45, 2.75) is 11.9 Å². The highest BCUT2D eigenvalue weighted by molar-refractivity contribution is 7.99. The van der Waals surface area contributed by atoms with Crippen LogP contribution in [0.3, 0.4) is 0 Å². The van der Waals surface area contributed by atoms with E-state index in [4.69, 9.17) is 21.1 Å². The van der Waals surface area contributed by atoms with Gasteiger partial charge >= 0.3 is 0 Å². The third-order valence-corrected chi connectivity index (χ3v) is 5.27. The smallest absolute Gasteiger partial charge is 0.287 e. The highest BCUT2D eigenvalue weighted by Gasteiger charge is 2.12. The van der Waals surface area contributed by atoms with Crippen molar-refractivity contribution in [3.63, 3.8) is 0 Å². The van der Waals surface area contributed by atoms with E-state index in [1.807, 2.05) is 6.92 Å². The van der Waals surface area contributed by atoms with Gasteiger partial charge in [0.15, 0.2) is 5.03 Å². The average molecular weight is 446 g/mol. The van der Waals surface area contributed by atoms with Gasteiger partial charge in [-0.1, -0.05) is 23.4 Å². The first-order chi connectivity index (χ1) is 14.5. The molecule has 0 aliphatic carbocycles. The topological polar surface area (TPSA) is 82.4 Å². The van der Waals surface area contributed by atoms with Gasteiger partial charge in [-0.15, -0.1) is 0 Å². The molecule has 3 aromatic rings. The molecule has 0 spiro atoms. The summed E-state index contributed by atoms with van der Waals surface area (Å²) in [5.41, 5.74) is 0.891. The molecule has 156 valence electrons. The zero-order valence-corrected chi connectivity index (χ0v) is 18.0. The van der Waals surface area contributed by atoms with E-state index in [2.05, 4.69) is 10.3 Å². The van der Waals surface area contributed by atoms with E-state index < -0.39 is 0 Å². The molecule has 1 aromatic heterocycles. The molecule has 2 aromatic carbocycles. The standard InChI is InChI=1S/C21H20ClN3O4S/c1-3-29-16-7-4-14(5-8-16)24-19(26)13-30-20-21(27)25(11-10-23-20)15-6-9-18(28-2)17(22)12-15/h4-12H,3,13H2,1-2H3,(H,24,26). The van der Waals surface area contributed by atoms with Gasteiger partial charge in [0.05, 0.1) is 30.2 Å². The summed E-state index contributed by atoms with van der Waals surface area (Å²) in [5, 5.41) is 3.39. The van der Waals surface area contributed by atoms with Crippen LogP contribution in [0.4, 0.5) is 5.69 Å². The monoisotopic (exact) mass is 445 g/mol. The van der Waals surface area contributed by atoms with Gasteiger partial charge in [-0.05, 0) is 49.4 Å². The van der Waals surface area contributed by atoms with Crippen molar-refractivity contribution >= 4 is 35.0 Å². The van der Waals surface area contributed by atoms with Crippen LogP contribution in [0.15, 0.2) is 64.7 Å². The largest absolute Gasteiger partial charge is 0.495 e. The maximum atomic E-state index is 12.8. The van der Waals surface area contributed by atoms with E-state index in [-0.39, 0.29) is 22.2 Å². The van der Waals surface area contributed by atoms with Crippen molar-refractivity contribution in [1.82, 2.24) is 9.55 Å². The SMILES string of the molecule is CCOc1ccc(NC(=O)CSc2nccn(-c3ccc(OC)c(Cl)c3)c2=O)cc1. The predicted molar refractivity (Wildman–Crippen MR) is 118 cm³/mol. The Hall–Kier alpha value is -2.97. The molecule has 30 heavy (non-hydrogen) atoms. The number of halogens is 1. The number of carbonyl (C=O) groups is 1. The molecule has 7 nitrogen and oxygen atoms in total. The van der Waals surface area contributed by atoms with Crippen molar-refractivity contribution in [2.75, 3.05) is 24.8 Å². The number of amides is 1. The molecule has 0 aliphatic heterocycles. The third kappa shape index (κ3) is 5.34. The number of thioether (sulfide) groups is 1. The molecule has 1 amide bonds. The number of hydrogen-bond acceptors (Lipinski definition) is 6. The minimum absolute atomic E-state index is 0.0445. The molecule has 0 fully saturated rings. The number of methoxy groups -OCH3 is 1. The lowest BCUT2D eigenvalue weighted by molar-refractivity contribution is -0.113. The Morgan fingerprint density at radius 2 is 2.00 bits per heavy atom. The van der Waals surface area contributed by atoms with E-state index in [0.29, 0.717) is 28.8 Å². The van der Waals surface area contributed by atoms with Gasteiger partial charge in [-0.2, -0.15) is 0 Å². The Balaban J connectivity index is 1.67. The van der Waals surface area contributed by atoms with Crippen LogP contribution < -0.4 is 20.3 Å². The van der Waals surface area contributed by atoms with Gasteiger partial charge in [0.25, 0.3) is 5.56 Å². The van der Waals surface area contributed by atoms with Gasteiger partial charge < -0.3 is 14.8 Å². The highest BCUT2D eigenvalue weighted by atomic mass is 35.5. The van der Waals surface area contributed by atoms with Crippen molar-refractivity contribution in [1.29, 1.82) is 0 Å². The minimum Gasteiger partial charge on any atom is -0.495 e. The maximum absolute atomic E-state index is 12.8.